The van der Waals surface area contributed by atoms with Gasteiger partial charge in [0.15, 0.2) is 11.2 Å². The number of esters is 1. The summed E-state index contributed by atoms with van der Waals surface area (Å²) < 4.78 is 5.41. The predicted octanol–water partition coefficient (Wildman–Crippen LogP) is 4.62. The summed E-state index contributed by atoms with van der Waals surface area (Å²) in [5.74, 6) is -1.20. The molecule has 1 saturated heterocycles. The van der Waals surface area contributed by atoms with Crippen LogP contribution in [0.5, 0.6) is 0 Å². The summed E-state index contributed by atoms with van der Waals surface area (Å²) in [6, 6.07) is 18.7. The van der Waals surface area contributed by atoms with Crippen LogP contribution in [0.25, 0.3) is 11.3 Å². The number of para-hydroxylation sites is 1. The topological polar surface area (TPSA) is 101 Å². The van der Waals surface area contributed by atoms with Crippen LogP contribution in [0.1, 0.15) is 19.8 Å². The summed E-state index contributed by atoms with van der Waals surface area (Å²) in [4.78, 5) is 43.6. The molecule has 0 aliphatic carbocycles. The molecule has 8 nitrogen and oxygen atoms in total. The molecule has 2 aromatic carbocycles. The van der Waals surface area contributed by atoms with E-state index in [1.165, 1.54) is 11.3 Å². The average molecular weight is 479 g/mol. The Morgan fingerprint density at radius 1 is 1.00 bits per heavy atom. The van der Waals surface area contributed by atoms with Gasteiger partial charge in [0.25, 0.3) is 5.91 Å². The first-order valence-corrected chi connectivity index (χ1v) is 12.0. The standard InChI is InChI=1S/C25H26N4O4S/c1-17(22(30)28-24-27-21(16-34-24)18-8-4-2-5-9-18)33-23(31)19-12-14-29(15-13-19)25(32)26-20-10-6-3-7-11-20/h2-11,16-17,19H,12-15H2,1H3,(H,26,32)(H,27,28,30)/t17-/m0/s1. The highest BCUT2D eigenvalue weighted by molar-refractivity contribution is 7.14. The molecule has 9 heteroatoms. The molecule has 1 atom stereocenters. The van der Waals surface area contributed by atoms with Crippen molar-refractivity contribution in [2.45, 2.75) is 25.9 Å². The summed E-state index contributed by atoms with van der Waals surface area (Å²) in [5, 5.41) is 7.88. The number of nitrogens with one attached hydrogen (secondary N) is 2. The molecule has 3 aromatic rings. The van der Waals surface area contributed by atoms with Crippen LogP contribution < -0.4 is 10.6 Å². The molecule has 176 valence electrons. The molecule has 1 aromatic heterocycles. The van der Waals surface area contributed by atoms with E-state index in [0.29, 0.717) is 31.1 Å². The third-order valence-electron chi connectivity index (χ3n) is 5.61. The monoisotopic (exact) mass is 478 g/mol. The molecule has 0 spiro atoms. The minimum atomic E-state index is -0.948. The predicted molar refractivity (Wildman–Crippen MR) is 131 cm³/mol. The van der Waals surface area contributed by atoms with E-state index >= 15 is 0 Å². The number of anilines is 2. The second-order valence-corrected chi connectivity index (χ2v) is 8.89. The molecule has 34 heavy (non-hydrogen) atoms. The number of thiazole rings is 1. The van der Waals surface area contributed by atoms with E-state index in [1.54, 1.807) is 11.8 Å². The zero-order chi connectivity index (χ0) is 23.9. The number of nitrogens with zero attached hydrogens (tertiary/aromatic N) is 2. The maximum absolute atomic E-state index is 12.6. The number of amides is 3. The maximum atomic E-state index is 12.6. The van der Waals surface area contributed by atoms with Gasteiger partial charge in [0.2, 0.25) is 0 Å². The van der Waals surface area contributed by atoms with Crippen LogP contribution in [0.3, 0.4) is 0 Å². The number of aromatic nitrogens is 1. The van der Waals surface area contributed by atoms with E-state index in [2.05, 4.69) is 15.6 Å². The first-order valence-electron chi connectivity index (χ1n) is 11.1. The number of carbonyl (C=O) groups excluding carboxylic acids is 3. The highest BCUT2D eigenvalue weighted by atomic mass is 32.1. The molecule has 1 aliphatic heterocycles. The summed E-state index contributed by atoms with van der Waals surface area (Å²) in [6.45, 7) is 2.43. The molecule has 4 rings (SSSR count). The van der Waals surface area contributed by atoms with E-state index in [1.807, 2.05) is 66.0 Å². The summed E-state index contributed by atoms with van der Waals surface area (Å²) in [5.41, 5.74) is 2.46. The van der Waals surface area contributed by atoms with Crippen molar-refractivity contribution in [2.24, 2.45) is 5.92 Å². The van der Waals surface area contributed by atoms with Gasteiger partial charge in [-0.15, -0.1) is 11.3 Å². The van der Waals surface area contributed by atoms with Crippen molar-refractivity contribution in [1.29, 1.82) is 0 Å². The van der Waals surface area contributed by atoms with Gasteiger partial charge in [-0.05, 0) is 31.9 Å². The van der Waals surface area contributed by atoms with Crippen molar-refractivity contribution < 1.29 is 19.1 Å². The first kappa shape index (κ1) is 23.4. The summed E-state index contributed by atoms with van der Waals surface area (Å²) in [7, 11) is 0. The lowest BCUT2D eigenvalue weighted by atomic mass is 9.97. The second-order valence-electron chi connectivity index (χ2n) is 8.03. The maximum Gasteiger partial charge on any atom is 0.321 e. The van der Waals surface area contributed by atoms with Crippen LogP contribution in [0, 0.1) is 5.92 Å². The smallest absolute Gasteiger partial charge is 0.321 e. The third-order valence-corrected chi connectivity index (χ3v) is 6.36. The zero-order valence-electron chi connectivity index (χ0n) is 18.8. The SMILES string of the molecule is C[C@H](OC(=O)C1CCN(C(=O)Nc2ccccc2)CC1)C(=O)Nc1nc(-c2ccccc2)cs1. The number of carbonyl (C=O) groups is 3. The van der Waals surface area contributed by atoms with Crippen molar-refractivity contribution in [3.8, 4) is 11.3 Å². The number of rotatable bonds is 6. The van der Waals surface area contributed by atoms with Crippen LogP contribution in [-0.4, -0.2) is 47.0 Å². The van der Waals surface area contributed by atoms with Crippen LogP contribution in [0.4, 0.5) is 15.6 Å². The minimum absolute atomic E-state index is 0.191. The molecule has 2 heterocycles. The van der Waals surface area contributed by atoms with Crippen molar-refractivity contribution >= 4 is 40.1 Å². The lowest BCUT2D eigenvalue weighted by Gasteiger charge is -2.31. The van der Waals surface area contributed by atoms with Gasteiger partial charge in [-0.1, -0.05) is 48.5 Å². The van der Waals surface area contributed by atoms with Gasteiger partial charge in [-0.25, -0.2) is 9.78 Å². The number of benzene rings is 2. The number of hydrogen-bond donors (Lipinski definition) is 2. The molecule has 1 aliphatic rings. The van der Waals surface area contributed by atoms with Gasteiger partial charge in [0.05, 0.1) is 11.6 Å². The molecule has 0 bridgehead atoms. The number of hydrogen-bond acceptors (Lipinski definition) is 6. The molecule has 0 saturated carbocycles. The number of piperidine rings is 1. The van der Waals surface area contributed by atoms with Gasteiger partial charge in [0.1, 0.15) is 0 Å². The summed E-state index contributed by atoms with van der Waals surface area (Å²) >= 11 is 1.31. The molecule has 0 radical (unpaired) electrons. The minimum Gasteiger partial charge on any atom is -0.452 e. The van der Waals surface area contributed by atoms with Gasteiger partial charge in [-0.3, -0.25) is 14.9 Å². The second kappa shape index (κ2) is 10.9. The fraction of sp³-hybridized carbons (Fsp3) is 0.280. The van der Waals surface area contributed by atoms with Crippen LogP contribution in [-0.2, 0) is 14.3 Å². The molecule has 1 fully saturated rings. The van der Waals surface area contributed by atoms with E-state index in [-0.39, 0.29) is 11.9 Å². The Balaban J connectivity index is 1.23. The normalized spacial score (nSPS) is 14.8. The Morgan fingerprint density at radius 2 is 1.65 bits per heavy atom. The molecule has 3 amide bonds. The lowest BCUT2D eigenvalue weighted by Crippen LogP contribution is -2.43. The van der Waals surface area contributed by atoms with Crippen molar-refractivity contribution in [3.05, 3.63) is 66.0 Å². The van der Waals surface area contributed by atoms with Crippen molar-refractivity contribution in [3.63, 3.8) is 0 Å². The van der Waals surface area contributed by atoms with Gasteiger partial charge >= 0.3 is 12.0 Å². The van der Waals surface area contributed by atoms with Crippen molar-refractivity contribution in [1.82, 2.24) is 9.88 Å². The Morgan fingerprint density at radius 3 is 2.32 bits per heavy atom. The Kier molecular flexibility index (Phi) is 7.54. The fourth-order valence-corrected chi connectivity index (χ4v) is 4.37. The van der Waals surface area contributed by atoms with Gasteiger partial charge in [-0.2, -0.15) is 0 Å². The Labute approximate surface area is 202 Å². The third kappa shape index (κ3) is 5.99. The highest BCUT2D eigenvalue weighted by Crippen LogP contribution is 2.25. The Hall–Kier alpha value is -3.72. The summed E-state index contributed by atoms with van der Waals surface area (Å²) in [6.07, 6.45) is 0.0286. The van der Waals surface area contributed by atoms with Crippen LogP contribution in [0.2, 0.25) is 0 Å². The van der Waals surface area contributed by atoms with E-state index in [4.69, 9.17) is 4.74 Å². The highest BCUT2D eigenvalue weighted by Gasteiger charge is 2.30. The molecule has 0 unspecified atom stereocenters. The lowest BCUT2D eigenvalue weighted by molar-refractivity contribution is -0.158. The molecular weight excluding hydrogens is 452 g/mol. The number of urea groups is 1. The quantitative estimate of drug-likeness (QED) is 0.504. The van der Waals surface area contributed by atoms with Gasteiger partial charge < -0.3 is 15.0 Å². The Bertz CT molecular complexity index is 1130. The molecular formula is C25H26N4O4S. The van der Waals surface area contributed by atoms with Gasteiger partial charge in [0, 0.05) is 29.7 Å². The number of ether oxygens (including phenoxy) is 1. The van der Waals surface area contributed by atoms with Crippen LogP contribution in [0.15, 0.2) is 66.0 Å². The van der Waals surface area contributed by atoms with E-state index < -0.39 is 18.0 Å². The zero-order valence-corrected chi connectivity index (χ0v) is 19.6. The van der Waals surface area contributed by atoms with Crippen LogP contribution >= 0.6 is 11.3 Å². The molecule has 2 N–H and O–H groups in total. The largest absolute Gasteiger partial charge is 0.452 e. The van der Waals surface area contributed by atoms with Crippen molar-refractivity contribution in [2.75, 3.05) is 23.7 Å². The average Bonchev–Trinajstić information content (AvgIpc) is 3.33. The number of likely N-dealkylation sites (tertiary alicyclic amines) is 1. The first-order chi connectivity index (χ1) is 16.5. The van der Waals surface area contributed by atoms with E-state index in [9.17, 15) is 14.4 Å². The van der Waals surface area contributed by atoms with E-state index in [0.717, 1.165) is 16.9 Å². The fourth-order valence-electron chi connectivity index (χ4n) is 3.65.